The highest BCUT2D eigenvalue weighted by molar-refractivity contribution is 7.09. The van der Waals surface area contributed by atoms with Gasteiger partial charge in [0.25, 0.3) is 5.91 Å². The molecular weight excluding hydrogens is 337 g/mol. The summed E-state index contributed by atoms with van der Waals surface area (Å²) in [4.78, 5) is 19.2. The maximum absolute atomic E-state index is 13.2. The van der Waals surface area contributed by atoms with Crippen molar-refractivity contribution < 1.29 is 9.18 Å². The van der Waals surface area contributed by atoms with Gasteiger partial charge in [0.05, 0.1) is 11.0 Å². The van der Waals surface area contributed by atoms with Gasteiger partial charge in [-0.1, -0.05) is 19.1 Å². The number of carbonyl (C=O) groups excluding carboxylic acids is 1. The molecule has 2 heterocycles. The van der Waals surface area contributed by atoms with Crippen LogP contribution in [0.1, 0.15) is 53.3 Å². The average molecular weight is 361 g/mol. The van der Waals surface area contributed by atoms with Crippen LogP contribution in [0.5, 0.6) is 0 Å². The zero-order valence-corrected chi connectivity index (χ0v) is 15.3. The normalized spacial score (nSPS) is 16.1. The number of benzene rings is 1. The highest BCUT2D eigenvalue weighted by atomic mass is 32.1. The van der Waals surface area contributed by atoms with Gasteiger partial charge in [-0.05, 0) is 56.5 Å². The Morgan fingerprint density at radius 1 is 1.32 bits per heavy atom. The quantitative estimate of drug-likeness (QED) is 0.816. The van der Waals surface area contributed by atoms with E-state index in [9.17, 15) is 9.18 Å². The van der Waals surface area contributed by atoms with Crippen LogP contribution in [0.15, 0.2) is 29.6 Å². The minimum absolute atomic E-state index is 0.0702. The maximum Gasteiger partial charge on any atom is 0.270 e. The molecular formula is C19H24FN3OS. The molecule has 1 aliphatic heterocycles. The second-order valence-corrected chi connectivity index (χ2v) is 7.34. The lowest BCUT2D eigenvalue weighted by molar-refractivity contribution is 0.0933. The van der Waals surface area contributed by atoms with Gasteiger partial charge in [0.1, 0.15) is 11.5 Å². The van der Waals surface area contributed by atoms with Crippen molar-refractivity contribution in [3.63, 3.8) is 0 Å². The monoisotopic (exact) mass is 361 g/mol. The van der Waals surface area contributed by atoms with Crippen molar-refractivity contribution in [2.24, 2.45) is 0 Å². The summed E-state index contributed by atoms with van der Waals surface area (Å²) in [7, 11) is 0. The maximum atomic E-state index is 13.2. The summed E-state index contributed by atoms with van der Waals surface area (Å²) in [6, 6.07) is 6.66. The lowest BCUT2D eigenvalue weighted by Crippen LogP contribution is -2.37. The summed E-state index contributed by atoms with van der Waals surface area (Å²) in [5.74, 6) is -0.371. The summed E-state index contributed by atoms with van der Waals surface area (Å²) in [5, 5.41) is 5.84. The topological polar surface area (TPSA) is 45.2 Å². The number of hydrogen-bond acceptors (Lipinski definition) is 4. The van der Waals surface area contributed by atoms with E-state index in [1.54, 1.807) is 0 Å². The summed E-state index contributed by atoms with van der Waals surface area (Å²) >= 11 is 1.54. The fourth-order valence-corrected chi connectivity index (χ4v) is 4.10. The van der Waals surface area contributed by atoms with E-state index in [1.807, 2.05) is 17.5 Å². The van der Waals surface area contributed by atoms with Gasteiger partial charge >= 0.3 is 0 Å². The SMILES string of the molecule is CCCc1nc(C(=O)NCC(c2ccc(F)cc2)N2CCCC2)cs1. The van der Waals surface area contributed by atoms with E-state index in [-0.39, 0.29) is 17.8 Å². The van der Waals surface area contributed by atoms with Crippen LogP contribution >= 0.6 is 11.3 Å². The van der Waals surface area contributed by atoms with Crippen LogP contribution in [0, 0.1) is 5.82 Å². The highest BCUT2D eigenvalue weighted by Crippen LogP contribution is 2.25. The minimum Gasteiger partial charge on any atom is -0.349 e. The van der Waals surface area contributed by atoms with Crippen molar-refractivity contribution >= 4 is 17.2 Å². The number of rotatable bonds is 7. The van der Waals surface area contributed by atoms with Crippen molar-refractivity contribution in [2.75, 3.05) is 19.6 Å². The smallest absolute Gasteiger partial charge is 0.270 e. The number of aryl methyl sites for hydroxylation is 1. The molecule has 1 fully saturated rings. The van der Waals surface area contributed by atoms with Crippen LogP contribution in [0.2, 0.25) is 0 Å². The Morgan fingerprint density at radius 3 is 2.72 bits per heavy atom. The molecule has 134 valence electrons. The van der Waals surface area contributed by atoms with Crippen LogP contribution in [-0.2, 0) is 6.42 Å². The van der Waals surface area contributed by atoms with Gasteiger partial charge in [-0.25, -0.2) is 9.37 Å². The van der Waals surface area contributed by atoms with Gasteiger partial charge in [0.2, 0.25) is 0 Å². The van der Waals surface area contributed by atoms with Gasteiger partial charge in [-0.15, -0.1) is 11.3 Å². The molecule has 0 saturated carbocycles. The standard InChI is InChI=1S/C19H24FN3OS/c1-2-5-18-22-16(13-25-18)19(24)21-12-17(23-10-3-4-11-23)14-6-8-15(20)9-7-14/h6-9,13,17H,2-5,10-12H2,1H3,(H,21,24). The number of likely N-dealkylation sites (tertiary alicyclic amines) is 1. The molecule has 25 heavy (non-hydrogen) atoms. The third kappa shape index (κ3) is 4.64. The molecule has 0 spiro atoms. The molecule has 1 atom stereocenters. The van der Waals surface area contributed by atoms with Gasteiger partial charge in [-0.3, -0.25) is 9.69 Å². The summed E-state index contributed by atoms with van der Waals surface area (Å²) < 4.78 is 13.2. The molecule has 1 saturated heterocycles. The third-order valence-corrected chi connectivity index (χ3v) is 5.45. The molecule has 3 rings (SSSR count). The second-order valence-electron chi connectivity index (χ2n) is 6.40. The van der Waals surface area contributed by atoms with E-state index >= 15 is 0 Å². The molecule has 0 radical (unpaired) electrons. The molecule has 1 aromatic carbocycles. The Morgan fingerprint density at radius 2 is 2.04 bits per heavy atom. The van der Waals surface area contributed by atoms with E-state index < -0.39 is 0 Å². The lowest BCUT2D eigenvalue weighted by Gasteiger charge is -2.28. The summed E-state index contributed by atoms with van der Waals surface area (Å²) in [5.41, 5.74) is 1.53. The molecule has 4 nitrogen and oxygen atoms in total. The van der Waals surface area contributed by atoms with Crippen molar-refractivity contribution in [1.82, 2.24) is 15.2 Å². The molecule has 0 bridgehead atoms. The Bertz CT molecular complexity index is 695. The van der Waals surface area contributed by atoms with Gasteiger partial charge < -0.3 is 5.32 Å². The number of thiazole rings is 1. The lowest BCUT2D eigenvalue weighted by atomic mass is 10.1. The largest absolute Gasteiger partial charge is 0.349 e. The van der Waals surface area contributed by atoms with E-state index in [0.717, 1.165) is 49.3 Å². The van der Waals surface area contributed by atoms with Crippen molar-refractivity contribution in [2.45, 2.75) is 38.6 Å². The van der Waals surface area contributed by atoms with Crippen LogP contribution in [0.4, 0.5) is 4.39 Å². The molecule has 1 unspecified atom stereocenters. The minimum atomic E-state index is -0.237. The Kier molecular flexibility index (Phi) is 6.15. The van der Waals surface area contributed by atoms with E-state index in [2.05, 4.69) is 22.1 Å². The Balaban J connectivity index is 1.67. The van der Waals surface area contributed by atoms with Crippen molar-refractivity contribution in [3.8, 4) is 0 Å². The van der Waals surface area contributed by atoms with Crippen molar-refractivity contribution in [3.05, 3.63) is 51.7 Å². The number of aromatic nitrogens is 1. The first-order valence-electron chi connectivity index (χ1n) is 8.89. The van der Waals surface area contributed by atoms with E-state index in [4.69, 9.17) is 0 Å². The summed E-state index contributed by atoms with van der Waals surface area (Å²) in [6.45, 7) is 4.63. The van der Waals surface area contributed by atoms with Crippen LogP contribution in [0.3, 0.4) is 0 Å². The number of nitrogens with one attached hydrogen (secondary N) is 1. The van der Waals surface area contributed by atoms with Gasteiger partial charge in [-0.2, -0.15) is 0 Å². The average Bonchev–Trinajstić information content (AvgIpc) is 3.29. The summed E-state index contributed by atoms with van der Waals surface area (Å²) in [6.07, 6.45) is 4.26. The first-order valence-corrected chi connectivity index (χ1v) is 9.77. The predicted octanol–water partition coefficient (Wildman–Crippen LogP) is 3.80. The molecule has 1 N–H and O–H groups in total. The Hall–Kier alpha value is -1.79. The van der Waals surface area contributed by atoms with Crippen LogP contribution in [-0.4, -0.2) is 35.4 Å². The van der Waals surface area contributed by atoms with Crippen LogP contribution in [0.25, 0.3) is 0 Å². The number of hydrogen-bond donors (Lipinski definition) is 1. The molecule has 1 amide bonds. The molecule has 0 aliphatic carbocycles. The third-order valence-electron chi connectivity index (χ3n) is 4.54. The predicted molar refractivity (Wildman–Crippen MR) is 98.4 cm³/mol. The second kappa shape index (κ2) is 8.54. The number of halogens is 1. The van der Waals surface area contributed by atoms with Crippen molar-refractivity contribution in [1.29, 1.82) is 0 Å². The number of carbonyl (C=O) groups is 1. The Labute approximate surface area is 152 Å². The highest BCUT2D eigenvalue weighted by Gasteiger charge is 2.24. The fraction of sp³-hybridized carbons (Fsp3) is 0.474. The molecule has 2 aromatic rings. The van der Waals surface area contributed by atoms with E-state index in [0.29, 0.717) is 12.2 Å². The fourth-order valence-electron chi connectivity index (χ4n) is 3.22. The van der Waals surface area contributed by atoms with Gasteiger partial charge in [0, 0.05) is 11.9 Å². The number of nitrogens with zero attached hydrogens (tertiary/aromatic N) is 2. The van der Waals surface area contributed by atoms with E-state index in [1.165, 1.54) is 23.5 Å². The zero-order valence-electron chi connectivity index (χ0n) is 14.5. The van der Waals surface area contributed by atoms with Gasteiger partial charge in [0.15, 0.2) is 0 Å². The first-order chi connectivity index (χ1) is 12.2. The zero-order chi connectivity index (χ0) is 17.6. The number of amides is 1. The molecule has 1 aliphatic rings. The molecule has 1 aromatic heterocycles. The van der Waals surface area contributed by atoms with Crippen LogP contribution < -0.4 is 5.32 Å². The first kappa shape index (κ1) is 18.0. The molecule has 6 heteroatoms.